The molecule has 198 valence electrons. The zero-order valence-electron chi connectivity index (χ0n) is 20.9. The second-order valence-electron chi connectivity index (χ2n) is 8.70. The number of halogens is 1. The zero-order chi connectivity index (χ0) is 27.0. The maximum absolute atomic E-state index is 12.6. The summed E-state index contributed by atoms with van der Waals surface area (Å²) in [6, 6.07) is 20.0. The largest absolute Gasteiger partial charge is 0.492 e. The van der Waals surface area contributed by atoms with Crippen LogP contribution >= 0.6 is 23.4 Å². The highest BCUT2D eigenvalue weighted by atomic mass is 35.5. The minimum Gasteiger partial charge on any atom is -0.492 e. The molecule has 0 spiro atoms. The first-order valence-corrected chi connectivity index (χ1v) is 14.9. The van der Waals surface area contributed by atoms with Crippen molar-refractivity contribution < 1.29 is 23.1 Å². The Morgan fingerprint density at radius 3 is 2.54 bits per heavy atom. The lowest BCUT2D eigenvalue weighted by Crippen LogP contribution is -2.29. The molecule has 3 N–H and O–H groups in total. The summed E-state index contributed by atoms with van der Waals surface area (Å²) in [6.07, 6.45) is 0.274. The molecule has 0 saturated carbocycles. The average Bonchev–Trinajstić information content (AvgIpc) is 2.82. The van der Waals surface area contributed by atoms with Crippen molar-refractivity contribution in [3.8, 4) is 16.9 Å². The molecule has 0 unspecified atom stereocenters. The highest BCUT2D eigenvalue weighted by Crippen LogP contribution is 2.35. The lowest BCUT2D eigenvalue weighted by molar-refractivity contribution is 0.0979. The summed E-state index contributed by atoms with van der Waals surface area (Å²) in [4.78, 5) is 13.3. The Balaban J connectivity index is 1.69. The molecule has 7 nitrogen and oxygen atoms in total. The first-order chi connectivity index (χ1) is 17.5. The van der Waals surface area contributed by atoms with Gasteiger partial charge in [-0.1, -0.05) is 61.8 Å². The van der Waals surface area contributed by atoms with Crippen LogP contribution in [0.1, 0.15) is 35.9 Å². The molecule has 0 bridgehead atoms. The molecule has 0 aromatic heterocycles. The van der Waals surface area contributed by atoms with Crippen LogP contribution in [0.5, 0.6) is 5.75 Å². The number of carbonyl (C=O) groups excluding carboxylic acids is 1. The molecule has 37 heavy (non-hydrogen) atoms. The molecule has 1 amide bonds. The van der Waals surface area contributed by atoms with Gasteiger partial charge in [0.1, 0.15) is 12.4 Å². The van der Waals surface area contributed by atoms with Crippen molar-refractivity contribution >= 4 is 39.3 Å². The number of para-hydroxylation sites is 1. The average molecular weight is 563 g/mol. The number of hydrogen-bond acceptors (Lipinski definition) is 7. The predicted octanol–water partition coefficient (Wildman–Crippen LogP) is 4.90. The van der Waals surface area contributed by atoms with Gasteiger partial charge in [0.15, 0.2) is 0 Å². The summed E-state index contributed by atoms with van der Waals surface area (Å²) in [5.74, 6) is 0.0151. The Morgan fingerprint density at radius 2 is 1.84 bits per heavy atom. The van der Waals surface area contributed by atoms with Crippen molar-refractivity contribution in [1.82, 2.24) is 10.0 Å². The maximum Gasteiger partial charge on any atom is 0.265 e. The first-order valence-electron chi connectivity index (χ1n) is 11.7. The van der Waals surface area contributed by atoms with Gasteiger partial charge in [-0.2, -0.15) is 0 Å². The van der Waals surface area contributed by atoms with Gasteiger partial charge in [-0.25, -0.2) is 13.1 Å². The molecule has 1 atom stereocenters. The summed E-state index contributed by atoms with van der Waals surface area (Å²) in [5.41, 5.74) is 2.74. The van der Waals surface area contributed by atoms with E-state index < -0.39 is 22.0 Å². The van der Waals surface area contributed by atoms with Crippen molar-refractivity contribution in [1.29, 1.82) is 0 Å². The van der Waals surface area contributed by atoms with E-state index in [2.05, 4.69) is 5.32 Å². The molecule has 0 aliphatic carbocycles. The molecule has 3 aromatic carbocycles. The van der Waals surface area contributed by atoms with Crippen LogP contribution in [0, 0.1) is 0 Å². The van der Waals surface area contributed by atoms with Crippen LogP contribution in [0.4, 0.5) is 0 Å². The second-order valence-corrected chi connectivity index (χ2v) is 12.5. The monoisotopic (exact) mass is 562 g/mol. The molecule has 10 heteroatoms. The van der Waals surface area contributed by atoms with Gasteiger partial charge in [0.05, 0.1) is 17.9 Å². The third kappa shape index (κ3) is 9.05. The fourth-order valence-electron chi connectivity index (χ4n) is 3.59. The van der Waals surface area contributed by atoms with Gasteiger partial charge >= 0.3 is 0 Å². The van der Waals surface area contributed by atoms with Crippen LogP contribution in [0.2, 0.25) is 5.02 Å². The summed E-state index contributed by atoms with van der Waals surface area (Å²) in [6.45, 7) is 5.26. The van der Waals surface area contributed by atoms with Crippen molar-refractivity contribution in [2.45, 2.75) is 30.1 Å². The van der Waals surface area contributed by atoms with Crippen LogP contribution in [-0.4, -0.2) is 50.6 Å². The topological polar surface area (TPSA) is 105 Å². The Labute approximate surface area is 227 Å². The van der Waals surface area contributed by atoms with E-state index in [1.807, 2.05) is 55.0 Å². The molecular weight excluding hydrogens is 532 g/mol. The van der Waals surface area contributed by atoms with E-state index in [1.165, 1.54) is 11.8 Å². The Bertz CT molecular complexity index is 1330. The minimum absolute atomic E-state index is 0.180. The number of amides is 1. The number of ether oxygens (including phenoxy) is 1. The Morgan fingerprint density at radius 1 is 1.08 bits per heavy atom. The van der Waals surface area contributed by atoms with Gasteiger partial charge in [-0.05, 0) is 41.5 Å². The standard InChI is InChI=1S/C27H31ClN2O5S2/c1-18(2)36-26-16-19(11-12-23(26)27(32)30-37(3,33)34)22-9-4-5-10-25(22)35-14-13-29-17-24(31)20-7-6-8-21(28)15-20/h4-12,15-16,18,24,29,31H,13-14,17H2,1-3H3,(H,30,32)/t24-/m0/s1. The number of hydrogen-bond donors (Lipinski definition) is 3. The van der Waals surface area contributed by atoms with Crippen molar-refractivity contribution in [2.24, 2.45) is 0 Å². The first kappa shape index (κ1) is 29.0. The van der Waals surface area contributed by atoms with E-state index in [4.69, 9.17) is 16.3 Å². The highest BCUT2D eigenvalue weighted by Gasteiger charge is 2.18. The molecule has 3 aromatic rings. The normalized spacial score (nSPS) is 12.4. The molecule has 3 rings (SSSR count). The van der Waals surface area contributed by atoms with Crippen LogP contribution in [0.15, 0.2) is 71.6 Å². The van der Waals surface area contributed by atoms with Gasteiger partial charge < -0.3 is 15.2 Å². The smallest absolute Gasteiger partial charge is 0.265 e. The van der Waals surface area contributed by atoms with Gasteiger partial charge in [0.25, 0.3) is 5.91 Å². The van der Waals surface area contributed by atoms with Crippen molar-refractivity contribution in [3.05, 3.63) is 82.9 Å². The van der Waals surface area contributed by atoms with Gasteiger partial charge in [-0.3, -0.25) is 4.79 Å². The number of thioether (sulfide) groups is 1. The third-order valence-corrected chi connectivity index (χ3v) is 7.03. The zero-order valence-corrected chi connectivity index (χ0v) is 23.3. The van der Waals surface area contributed by atoms with Crippen LogP contribution in [-0.2, 0) is 10.0 Å². The number of aliphatic hydroxyl groups excluding tert-OH is 1. The van der Waals surface area contributed by atoms with E-state index in [9.17, 15) is 18.3 Å². The number of rotatable bonds is 12. The summed E-state index contributed by atoms with van der Waals surface area (Å²) >= 11 is 7.47. The number of nitrogens with one attached hydrogen (secondary N) is 2. The minimum atomic E-state index is -3.68. The van der Waals surface area contributed by atoms with Crippen LogP contribution in [0.3, 0.4) is 0 Å². The van der Waals surface area contributed by atoms with E-state index in [1.54, 1.807) is 30.3 Å². The third-order valence-electron chi connectivity index (χ3n) is 5.17. The molecule has 0 heterocycles. The van der Waals surface area contributed by atoms with Gasteiger partial charge in [0, 0.05) is 33.8 Å². The van der Waals surface area contributed by atoms with Crippen LogP contribution in [0.25, 0.3) is 11.1 Å². The summed E-state index contributed by atoms with van der Waals surface area (Å²) in [7, 11) is -3.68. The summed E-state index contributed by atoms with van der Waals surface area (Å²) in [5, 5.41) is 14.3. The van der Waals surface area contributed by atoms with E-state index in [-0.39, 0.29) is 5.25 Å². The molecule has 0 fully saturated rings. The SMILES string of the molecule is CC(C)Sc1cc(-c2ccccc2OCCNC[C@H](O)c2cccc(Cl)c2)ccc1C(=O)NS(C)(=O)=O. The quantitative estimate of drug-likeness (QED) is 0.213. The Kier molecular flexibility index (Phi) is 10.4. The number of sulfonamides is 1. The maximum atomic E-state index is 12.6. The highest BCUT2D eigenvalue weighted by molar-refractivity contribution is 8.00. The molecular formula is C27H31ClN2O5S2. The van der Waals surface area contributed by atoms with Crippen molar-refractivity contribution in [2.75, 3.05) is 26.0 Å². The number of carbonyl (C=O) groups is 1. The lowest BCUT2D eigenvalue weighted by Gasteiger charge is -2.16. The fourth-order valence-corrected chi connectivity index (χ4v) is 5.22. The van der Waals surface area contributed by atoms with Crippen molar-refractivity contribution in [3.63, 3.8) is 0 Å². The molecule has 0 saturated heterocycles. The molecule has 0 aliphatic rings. The van der Waals surface area contributed by atoms with Crippen LogP contribution < -0.4 is 14.8 Å². The van der Waals surface area contributed by atoms with E-state index >= 15 is 0 Å². The number of benzene rings is 3. The lowest BCUT2D eigenvalue weighted by atomic mass is 10.0. The van der Waals surface area contributed by atoms with E-state index in [0.29, 0.717) is 40.9 Å². The summed E-state index contributed by atoms with van der Waals surface area (Å²) < 4.78 is 31.2. The van der Waals surface area contributed by atoms with Gasteiger partial charge in [0.2, 0.25) is 10.0 Å². The van der Waals surface area contributed by atoms with Gasteiger partial charge in [-0.15, -0.1) is 11.8 Å². The fraction of sp³-hybridized carbons (Fsp3) is 0.296. The van der Waals surface area contributed by atoms with E-state index in [0.717, 1.165) is 22.9 Å². The number of aliphatic hydroxyl groups is 1. The molecule has 0 radical (unpaired) electrons. The predicted molar refractivity (Wildman–Crippen MR) is 150 cm³/mol. The molecule has 0 aliphatic heterocycles. The Hall–Kier alpha value is -2.56. The second kappa shape index (κ2) is 13.3.